The summed E-state index contributed by atoms with van der Waals surface area (Å²) in [4.78, 5) is 37.8. The number of rotatable bonds is 3. The van der Waals surface area contributed by atoms with Crippen LogP contribution in [0.3, 0.4) is 0 Å². The van der Waals surface area contributed by atoms with Gasteiger partial charge < -0.3 is 9.64 Å². The summed E-state index contributed by atoms with van der Waals surface area (Å²) in [5, 5.41) is 0. The summed E-state index contributed by atoms with van der Waals surface area (Å²) >= 11 is 0. The van der Waals surface area contributed by atoms with Gasteiger partial charge in [-0.2, -0.15) is 0 Å². The zero-order valence-corrected chi connectivity index (χ0v) is 10.1. The molecule has 98 valence electrons. The average molecular weight is 252 g/mol. The second-order valence-electron chi connectivity index (χ2n) is 5.25. The van der Waals surface area contributed by atoms with Gasteiger partial charge in [0.1, 0.15) is 0 Å². The predicted octanol–water partition coefficient (Wildman–Crippen LogP) is 0.366. The Morgan fingerprint density at radius 3 is 2.67 bits per heavy atom. The zero-order valence-electron chi connectivity index (χ0n) is 10.1. The molecule has 0 bridgehead atoms. The highest BCUT2D eigenvalue weighted by molar-refractivity contribution is 5.98. The van der Waals surface area contributed by atoms with E-state index in [9.17, 15) is 14.4 Å². The molecule has 1 saturated carbocycles. The van der Waals surface area contributed by atoms with Gasteiger partial charge in [-0.25, -0.2) is 9.69 Å². The normalized spacial score (nSPS) is 27.9. The van der Waals surface area contributed by atoms with Gasteiger partial charge in [-0.05, 0) is 25.2 Å². The molecular weight excluding hydrogens is 236 g/mol. The number of carbonyl (C=O) groups excluding carboxylic acids is 3. The van der Waals surface area contributed by atoms with Crippen molar-refractivity contribution < 1.29 is 19.1 Å². The number of nitrogens with zero attached hydrogens (tertiary/aromatic N) is 2. The fourth-order valence-corrected chi connectivity index (χ4v) is 2.59. The van der Waals surface area contributed by atoms with E-state index in [1.54, 1.807) is 4.90 Å². The number of hydrogen-bond acceptors (Lipinski definition) is 4. The maximum atomic E-state index is 11.9. The van der Waals surface area contributed by atoms with Gasteiger partial charge in [-0.15, -0.1) is 0 Å². The van der Waals surface area contributed by atoms with Crippen LogP contribution in [0.25, 0.3) is 0 Å². The Bertz CT molecular complexity index is 389. The topological polar surface area (TPSA) is 66.9 Å². The molecule has 6 heteroatoms. The number of carbonyl (C=O) groups is 3. The van der Waals surface area contributed by atoms with E-state index in [1.165, 1.54) is 4.90 Å². The van der Waals surface area contributed by atoms with E-state index in [0.29, 0.717) is 31.8 Å². The molecular formula is C12H16N2O4. The lowest BCUT2D eigenvalue weighted by atomic mass is 10.2. The third kappa shape index (κ3) is 2.07. The van der Waals surface area contributed by atoms with Gasteiger partial charge in [0, 0.05) is 19.5 Å². The Labute approximate surface area is 105 Å². The minimum atomic E-state index is -0.568. The van der Waals surface area contributed by atoms with E-state index in [2.05, 4.69) is 0 Å². The molecule has 3 amide bonds. The molecule has 0 N–H and O–H groups in total. The van der Waals surface area contributed by atoms with Gasteiger partial charge in [0.05, 0.1) is 6.04 Å². The first-order valence-corrected chi connectivity index (χ1v) is 6.41. The van der Waals surface area contributed by atoms with Gasteiger partial charge in [0.25, 0.3) is 5.91 Å². The van der Waals surface area contributed by atoms with Crippen LogP contribution >= 0.6 is 0 Å². The van der Waals surface area contributed by atoms with E-state index in [-0.39, 0.29) is 24.5 Å². The maximum Gasteiger partial charge on any atom is 0.417 e. The highest BCUT2D eigenvalue weighted by atomic mass is 16.6. The number of ether oxygens (including phenoxy) is 1. The minimum absolute atomic E-state index is 0.153. The Hall–Kier alpha value is -1.59. The summed E-state index contributed by atoms with van der Waals surface area (Å²) in [6.45, 7) is 0.936. The molecule has 0 spiro atoms. The van der Waals surface area contributed by atoms with Gasteiger partial charge in [-0.1, -0.05) is 0 Å². The fraction of sp³-hybridized carbons (Fsp3) is 0.750. The van der Waals surface area contributed by atoms with Crippen molar-refractivity contribution in [2.24, 2.45) is 5.92 Å². The molecule has 0 aromatic heterocycles. The zero-order chi connectivity index (χ0) is 12.7. The van der Waals surface area contributed by atoms with E-state index in [1.807, 2.05) is 0 Å². The molecule has 18 heavy (non-hydrogen) atoms. The third-order valence-electron chi connectivity index (χ3n) is 3.83. The number of likely N-dealkylation sites (tertiary alicyclic amines) is 1. The smallest absolute Gasteiger partial charge is 0.417 e. The van der Waals surface area contributed by atoms with Crippen LogP contribution in [-0.2, 0) is 14.3 Å². The molecule has 3 fully saturated rings. The molecule has 2 saturated heterocycles. The average Bonchev–Trinajstić information content (AvgIpc) is 2.89. The third-order valence-corrected chi connectivity index (χ3v) is 3.83. The molecule has 0 aromatic carbocycles. The van der Waals surface area contributed by atoms with Crippen LogP contribution in [0.4, 0.5) is 4.79 Å². The number of cyclic esters (lactones) is 1. The van der Waals surface area contributed by atoms with Crippen molar-refractivity contribution >= 4 is 17.9 Å². The van der Waals surface area contributed by atoms with Crippen molar-refractivity contribution in [3.8, 4) is 0 Å². The van der Waals surface area contributed by atoms with Crippen molar-refractivity contribution in [3.63, 3.8) is 0 Å². The summed E-state index contributed by atoms with van der Waals surface area (Å²) < 4.78 is 4.69. The first-order chi connectivity index (χ1) is 8.65. The Morgan fingerprint density at radius 1 is 1.28 bits per heavy atom. The highest BCUT2D eigenvalue weighted by Crippen LogP contribution is 2.33. The fourth-order valence-electron chi connectivity index (χ4n) is 2.59. The van der Waals surface area contributed by atoms with Crippen LogP contribution < -0.4 is 0 Å². The molecule has 6 nitrogen and oxygen atoms in total. The van der Waals surface area contributed by atoms with Crippen molar-refractivity contribution in [3.05, 3.63) is 0 Å². The predicted molar refractivity (Wildman–Crippen MR) is 60.5 cm³/mol. The first kappa shape index (κ1) is 11.5. The molecule has 1 aliphatic carbocycles. The Balaban J connectivity index is 1.58. The second kappa shape index (κ2) is 4.26. The molecule has 1 unspecified atom stereocenters. The maximum absolute atomic E-state index is 11.9. The Morgan fingerprint density at radius 2 is 2.06 bits per heavy atom. The van der Waals surface area contributed by atoms with Crippen LogP contribution in [0.5, 0.6) is 0 Å². The molecule has 2 heterocycles. The van der Waals surface area contributed by atoms with E-state index < -0.39 is 6.09 Å². The lowest BCUT2D eigenvalue weighted by Gasteiger charge is -2.20. The summed E-state index contributed by atoms with van der Waals surface area (Å²) in [6.07, 6.45) is 3.02. The standard InChI is InChI=1S/C12H16N2O4/c15-10(5-8-1-2-8)13-4-3-9(6-13)14-11(16)7-18-12(14)17/h8-9H,1-7H2. The number of imide groups is 1. The van der Waals surface area contributed by atoms with Crippen LogP contribution in [0.15, 0.2) is 0 Å². The molecule has 3 aliphatic rings. The van der Waals surface area contributed by atoms with Crippen molar-refractivity contribution in [1.82, 2.24) is 9.80 Å². The van der Waals surface area contributed by atoms with Gasteiger partial charge in [0.2, 0.25) is 5.91 Å². The summed E-state index contributed by atoms with van der Waals surface area (Å²) in [5.74, 6) is 0.427. The lowest BCUT2D eigenvalue weighted by molar-refractivity contribution is -0.132. The number of amides is 3. The first-order valence-electron chi connectivity index (χ1n) is 6.41. The van der Waals surface area contributed by atoms with Crippen molar-refractivity contribution in [2.45, 2.75) is 31.7 Å². The van der Waals surface area contributed by atoms with Crippen LogP contribution in [0, 0.1) is 5.92 Å². The summed E-state index contributed by atoms with van der Waals surface area (Å²) in [5.41, 5.74) is 0. The largest absolute Gasteiger partial charge is 0.439 e. The van der Waals surface area contributed by atoms with E-state index in [4.69, 9.17) is 4.74 Å². The minimum Gasteiger partial charge on any atom is -0.439 e. The van der Waals surface area contributed by atoms with Crippen molar-refractivity contribution in [1.29, 1.82) is 0 Å². The van der Waals surface area contributed by atoms with Gasteiger partial charge in [-0.3, -0.25) is 9.59 Å². The molecule has 1 atom stereocenters. The van der Waals surface area contributed by atoms with Gasteiger partial charge in [0.15, 0.2) is 6.61 Å². The van der Waals surface area contributed by atoms with E-state index in [0.717, 1.165) is 12.8 Å². The summed E-state index contributed by atoms with van der Waals surface area (Å²) in [7, 11) is 0. The van der Waals surface area contributed by atoms with Crippen LogP contribution in [0.1, 0.15) is 25.7 Å². The van der Waals surface area contributed by atoms with Crippen LogP contribution in [0.2, 0.25) is 0 Å². The number of hydrogen-bond donors (Lipinski definition) is 0. The SMILES string of the molecule is O=C(CC1CC1)N1CCC(N2C(=O)COC2=O)C1. The molecule has 3 rings (SSSR count). The highest BCUT2D eigenvalue weighted by Gasteiger charge is 2.41. The van der Waals surface area contributed by atoms with E-state index >= 15 is 0 Å². The van der Waals surface area contributed by atoms with Gasteiger partial charge >= 0.3 is 6.09 Å². The molecule has 0 radical (unpaired) electrons. The summed E-state index contributed by atoms with van der Waals surface area (Å²) in [6, 6.07) is -0.198. The van der Waals surface area contributed by atoms with Crippen LogP contribution in [-0.4, -0.2) is 53.4 Å². The van der Waals surface area contributed by atoms with Crippen molar-refractivity contribution in [2.75, 3.05) is 19.7 Å². The molecule has 2 aliphatic heterocycles. The Kier molecular flexibility index (Phi) is 2.72. The monoisotopic (exact) mass is 252 g/mol. The second-order valence-corrected chi connectivity index (χ2v) is 5.25. The lowest BCUT2D eigenvalue weighted by Crippen LogP contribution is -2.42. The quantitative estimate of drug-likeness (QED) is 0.727. The molecule has 0 aromatic rings.